The molecule has 5 aromatic rings. The molecule has 0 amide bonds. The zero-order valence-corrected chi connectivity index (χ0v) is 18.8. The van der Waals surface area contributed by atoms with Gasteiger partial charge in [0.1, 0.15) is 12.4 Å². The van der Waals surface area contributed by atoms with E-state index in [2.05, 4.69) is 80.2 Å². The largest absolute Gasteiger partial charge is 0.487 e. The van der Waals surface area contributed by atoms with E-state index < -0.39 is 0 Å². The van der Waals surface area contributed by atoms with E-state index in [0.29, 0.717) is 6.61 Å². The lowest BCUT2D eigenvalue weighted by Crippen LogP contribution is -1.98. The van der Waals surface area contributed by atoms with Crippen LogP contribution in [0.15, 0.2) is 84.9 Å². The fourth-order valence-corrected chi connectivity index (χ4v) is 3.84. The Morgan fingerprint density at radius 1 is 0.794 bits per heavy atom. The number of tetrazole rings is 1. The second-order valence-electron chi connectivity index (χ2n) is 8.12. The Hall–Kier alpha value is -4.32. The molecule has 0 aliphatic heterocycles. The minimum Gasteiger partial charge on any atom is -0.487 e. The minimum absolute atomic E-state index is 0.434. The Bertz CT molecular complexity index is 1400. The number of aromatic amines is 1. The van der Waals surface area contributed by atoms with Gasteiger partial charge < -0.3 is 4.74 Å². The molecule has 0 saturated heterocycles. The van der Waals surface area contributed by atoms with Crippen molar-refractivity contribution in [1.82, 2.24) is 25.6 Å². The number of benzene rings is 3. The molecule has 34 heavy (non-hydrogen) atoms. The third-order valence-electron chi connectivity index (χ3n) is 5.58. The Morgan fingerprint density at radius 3 is 2.53 bits per heavy atom. The van der Waals surface area contributed by atoms with Gasteiger partial charge in [-0.15, -0.1) is 10.2 Å². The van der Waals surface area contributed by atoms with Gasteiger partial charge in [-0.2, -0.15) is 5.21 Å². The third-order valence-corrected chi connectivity index (χ3v) is 5.58. The van der Waals surface area contributed by atoms with E-state index in [1.54, 1.807) is 0 Å². The van der Waals surface area contributed by atoms with Gasteiger partial charge in [0.2, 0.25) is 0 Å². The normalized spacial score (nSPS) is 11.3. The lowest BCUT2D eigenvalue weighted by molar-refractivity contribution is 0.302. The molecule has 6 nitrogen and oxygen atoms in total. The molecule has 0 fully saturated rings. The maximum Gasteiger partial charge on any atom is 0.174 e. The first-order chi connectivity index (χ1) is 16.8. The van der Waals surface area contributed by atoms with Crippen LogP contribution < -0.4 is 4.74 Å². The van der Waals surface area contributed by atoms with Crippen LogP contribution in [0, 0.1) is 0 Å². The molecule has 2 heterocycles. The van der Waals surface area contributed by atoms with Crippen LogP contribution in [0.1, 0.15) is 34.6 Å². The van der Waals surface area contributed by atoms with Gasteiger partial charge in [-0.05, 0) is 53.8 Å². The molecule has 0 saturated carbocycles. The van der Waals surface area contributed by atoms with Crippen molar-refractivity contribution >= 4 is 23.1 Å². The van der Waals surface area contributed by atoms with Crippen LogP contribution in [0.4, 0.5) is 0 Å². The molecule has 0 atom stereocenters. The predicted octanol–water partition coefficient (Wildman–Crippen LogP) is 5.67. The summed E-state index contributed by atoms with van der Waals surface area (Å²) in [7, 11) is 0. The fourth-order valence-electron chi connectivity index (χ4n) is 3.84. The first-order valence-corrected chi connectivity index (χ1v) is 11.4. The van der Waals surface area contributed by atoms with E-state index in [-0.39, 0.29) is 0 Å². The smallest absolute Gasteiger partial charge is 0.174 e. The highest BCUT2D eigenvalue weighted by atomic mass is 16.5. The fraction of sp³-hybridized carbons (Fsp3) is 0.143. The van der Waals surface area contributed by atoms with Gasteiger partial charge in [-0.25, -0.2) is 4.98 Å². The molecule has 0 radical (unpaired) electrons. The molecule has 168 valence electrons. The molecule has 5 rings (SSSR count). The molecule has 6 heteroatoms. The molecule has 0 aliphatic carbocycles. The summed E-state index contributed by atoms with van der Waals surface area (Å²) in [5.74, 6) is 1.59. The second kappa shape index (κ2) is 10.5. The summed E-state index contributed by atoms with van der Waals surface area (Å²) in [6.45, 7) is 0.434. The average molecular weight is 448 g/mol. The SMILES string of the molecule is C(=C\c1cccc(OCc2ccc3ccccc3n2)c1)/c1cccc(CCCc2nn[nH]n2)c1. The van der Waals surface area contributed by atoms with Crippen LogP contribution in [-0.4, -0.2) is 25.6 Å². The molecule has 1 N–H and O–H groups in total. The van der Waals surface area contributed by atoms with Crippen LogP contribution in [0.25, 0.3) is 23.1 Å². The summed E-state index contributed by atoms with van der Waals surface area (Å²) in [5.41, 5.74) is 5.45. The van der Waals surface area contributed by atoms with Gasteiger partial charge in [0, 0.05) is 11.8 Å². The number of rotatable bonds is 9. The summed E-state index contributed by atoms with van der Waals surface area (Å²) in [6.07, 6.45) is 7.02. The third kappa shape index (κ3) is 5.72. The highest BCUT2D eigenvalue weighted by Crippen LogP contribution is 2.19. The predicted molar refractivity (Wildman–Crippen MR) is 134 cm³/mol. The topological polar surface area (TPSA) is 76.6 Å². The van der Waals surface area contributed by atoms with Gasteiger partial charge >= 0.3 is 0 Å². The van der Waals surface area contributed by atoms with Crippen LogP contribution >= 0.6 is 0 Å². The monoisotopic (exact) mass is 447 g/mol. The number of hydrogen-bond acceptors (Lipinski definition) is 5. The van der Waals surface area contributed by atoms with Gasteiger partial charge in [-0.1, -0.05) is 78.0 Å². The number of H-pyrrole nitrogens is 1. The minimum atomic E-state index is 0.434. The van der Waals surface area contributed by atoms with E-state index in [1.807, 2.05) is 42.5 Å². The lowest BCUT2D eigenvalue weighted by atomic mass is 10.0. The van der Waals surface area contributed by atoms with Crippen molar-refractivity contribution < 1.29 is 4.74 Å². The molecule has 0 aliphatic rings. The molecule has 0 spiro atoms. The Kier molecular flexibility index (Phi) is 6.67. The van der Waals surface area contributed by atoms with Crippen molar-refractivity contribution in [3.05, 3.63) is 113 Å². The van der Waals surface area contributed by atoms with E-state index in [1.165, 1.54) is 11.1 Å². The number of aryl methyl sites for hydroxylation is 2. The number of aromatic nitrogens is 5. The molecular formula is C28H25N5O. The standard InChI is InChI=1S/C28H25N5O/c1-2-12-27-24(10-1)16-17-25(29-27)20-34-26-11-4-8-23(19-26)15-14-22-7-3-6-21(18-22)9-5-13-28-30-32-33-31-28/h1-4,6-8,10-12,14-19H,5,9,13,20H2,(H,30,31,32,33)/b15-14+. The van der Waals surface area contributed by atoms with E-state index >= 15 is 0 Å². The molecule has 0 bridgehead atoms. The van der Waals surface area contributed by atoms with Crippen molar-refractivity contribution in [2.24, 2.45) is 0 Å². The zero-order chi connectivity index (χ0) is 23.0. The van der Waals surface area contributed by atoms with Gasteiger partial charge in [0.05, 0.1) is 11.2 Å². The highest BCUT2D eigenvalue weighted by molar-refractivity contribution is 5.78. The van der Waals surface area contributed by atoms with E-state index in [9.17, 15) is 0 Å². The molecule has 2 aromatic heterocycles. The quantitative estimate of drug-likeness (QED) is 0.295. The Balaban J connectivity index is 1.19. The van der Waals surface area contributed by atoms with E-state index in [4.69, 9.17) is 4.74 Å². The first-order valence-electron chi connectivity index (χ1n) is 11.4. The second-order valence-corrected chi connectivity index (χ2v) is 8.12. The number of ether oxygens (including phenoxy) is 1. The summed E-state index contributed by atoms with van der Waals surface area (Å²) in [4.78, 5) is 4.68. The molecule has 3 aromatic carbocycles. The van der Waals surface area contributed by atoms with Crippen LogP contribution in [0.3, 0.4) is 0 Å². The average Bonchev–Trinajstić information content (AvgIpc) is 3.40. The van der Waals surface area contributed by atoms with Crippen LogP contribution in [0.5, 0.6) is 5.75 Å². The zero-order valence-electron chi connectivity index (χ0n) is 18.8. The first kappa shape index (κ1) is 21.5. The van der Waals surface area contributed by atoms with Gasteiger partial charge in [0.15, 0.2) is 5.82 Å². The molecular weight excluding hydrogens is 422 g/mol. The summed E-state index contributed by atoms with van der Waals surface area (Å²) in [5, 5.41) is 15.2. The Morgan fingerprint density at radius 2 is 1.65 bits per heavy atom. The summed E-state index contributed by atoms with van der Waals surface area (Å²) in [6, 6.07) is 28.9. The summed E-state index contributed by atoms with van der Waals surface area (Å²) >= 11 is 0. The van der Waals surface area contributed by atoms with Crippen LogP contribution in [0.2, 0.25) is 0 Å². The van der Waals surface area contributed by atoms with Crippen molar-refractivity contribution in [2.45, 2.75) is 25.9 Å². The maximum atomic E-state index is 6.01. The maximum absolute atomic E-state index is 6.01. The number of hydrogen-bond donors (Lipinski definition) is 1. The Labute approximate surface area is 198 Å². The molecule has 0 unspecified atom stereocenters. The van der Waals surface area contributed by atoms with Crippen molar-refractivity contribution in [3.63, 3.8) is 0 Å². The number of nitrogens with zero attached hydrogens (tertiary/aromatic N) is 4. The van der Waals surface area contributed by atoms with Gasteiger partial charge in [-0.3, -0.25) is 0 Å². The lowest BCUT2D eigenvalue weighted by Gasteiger charge is -2.07. The van der Waals surface area contributed by atoms with Crippen LogP contribution in [-0.2, 0) is 19.4 Å². The number of para-hydroxylation sites is 1. The van der Waals surface area contributed by atoms with Crippen molar-refractivity contribution in [1.29, 1.82) is 0 Å². The number of fused-ring (bicyclic) bond motifs is 1. The van der Waals surface area contributed by atoms with Gasteiger partial charge in [0.25, 0.3) is 0 Å². The number of nitrogens with one attached hydrogen (secondary N) is 1. The van der Waals surface area contributed by atoms with Crippen molar-refractivity contribution in [3.8, 4) is 5.75 Å². The van der Waals surface area contributed by atoms with E-state index in [0.717, 1.165) is 53.0 Å². The van der Waals surface area contributed by atoms with Crippen molar-refractivity contribution in [2.75, 3.05) is 0 Å². The number of pyridine rings is 1. The summed E-state index contributed by atoms with van der Waals surface area (Å²) < 4.78 is 6.01. The highest BCUT2D eigenvalue weighted by Gasteiger charge is 2.02.